The van der Waals surface area contributed by atoms with Crippen LogP contribution in [0.4, 0.5) is 0 Å². The first-order chi connectivity index (χ1) is 13.1. The summed E-state index contributed by atoms with van der Waals surface area (Å²) in [6.07, 6.45) is 2.96. The van der Waals surface area contributed by atoms with Crippen LogP contribution in [-0.4, -0.2) is 51.6 Å². The molecule has 2 aliphatic heterocycles. The van der Waals surface area contributed by atoms with Gasteiger partial charge < -0.3 is 24.8 Å². The van der Waals surface area contributed by atoms with Crippen molar-refractivity contribution in [2.75, 3.05) is 40.0 Å². The fourth-order valence-electron chi connectivity index (χ4n) is 3.64. The Bertz CT molecular complexity index is 627. The van der Waals surface area contributed by atoms with Gasteiger partial charge in [0.05, 0.1) is 19.3 Å². The Morgan fingerprint density at radius 3 is 2.96 bits per heavy atom. The van der Waals surface area contributed by atoms with Crippen molar-refractivity contribution in [2.45, 2.75) is 44.8 Å². The van der Waals surface area contributed by atoms with E-state index in [0.29, 0.717) is 5.92 Å². The van der Waals surface area contributed by atoms with Gasteiger partial charge in [-0.2, -0.15) is 0 Å². The lowest BCUT2D eigenvalue weighted by molar-refractivity contribution is 0.0694. The van der Waals surface area contributed by atoms with Crippen molar-refractivity contribution >= 4 is 5.96 Å². The number of aliphatic imine (C=N–C) groups is 1. The highest BCUT2D eigenvalue weighted by molar-refractivity contribution is 5.80. The molecule has 6 nitrogen and oxygen atoms in total. The zero-order valence-corrected chi connectivity index (χ0v) is 16.8. The van der Waals surface area contributed by atoms with E-state index in [1.54, 1.807) is 0 Å². The van der Waals surface area contributed by atoms with Crippen LogP contribution in [0.5, 0.6) is 5.75 Å². The molecule has 150 valence electrons. The molecule has 0 aromatic heterocycles. The highest BCUT2D eigenvalue weighted by Gasteiger charge is 2.33. The van der Waals surface area contributed by atoms with E-state index in [2.05, 4.69) is 41.6 Å². The van der Waals surface area contributed by atoms with Gasteiger partial charge in [-0.1, -0.05) is 18.2 Å². The van der Waals surface area contributed by atoms with Gasteiger partial charge in [0.25, 0.3) is 0 Å². The molecule has 1 fully saturated rings. The van der Waals surface area contributed by atoms with Crippen molar-refractivity contribution < 1.29 is 14.2 Å². The van der Waals surface area contributed by atoms with Gasteiger partial charge in [-0.25, -0.2) is 0 Å². The fourth-order valence-corrected chi connectivity index (χ4v) is 3.64. The van der Waals surface area contributed by atoms with Crippen LogP contribution < -0.4 is 15.4 Å². The van der Waals surface area contributed by atoms with Crippen LogP contribution in [0.3, 0.4) is 0 Å². The van der Waals surface area contributed by atoms with Crippen LogP contribution in [0.25, 0.3) is 0 Å². The first-order valence-electron chi connectivity index (χ1n) is 9.98. The number of hydrogen-bond donors (Lipinski definition) is 2. The number of nitrogens with one attached hydrogen (secondary N) is 2. The summed E-state index contributed by atoms with van der Waals surface area (Å²) in [6.45, 7) is 8.37. The molecule has 2 N–H and O–H groups in total. The standard InChI is InChI=1S/C21H33N3O3/c1-21(2)13-18(17-7-4-5-8-19(17)27-21)24-20(22-3)23-10-6-11-25-14-16-9-12-26-15-16/h4-5,7-8,16,18H,6,9-15H2,1-3H3,(H2,22,23,24). The number of benzene rings is 1. The van der Waals surface area contributed by atoms with Crippen LogP contribution in [-0.2, 0) is 9.47 Å². The van der Waals surface area contributed by atoms with E-state index in [-0.39, 0.29) is 11.6 Å². The Morgan fingerprint density at radius 1 is 1.33 bits per heavy atom. The molecule has 3 rings (SSSR count). The molecule has 1 aromatic rings. The Labute approximate surface area is 162 Å². The van der Waals surface area contributed by atoms with Gasteiger partial charge in [0, 0.05) is 44.7 Å². The highest BCUT2D eigenvalue weighted by atomic mass is 16.5. The second kappa shape index (κ2) is 9.42. The zero-order chi connectivity index (χ0) is 19.1. The molecular formula is C21H33N3O3. The lowest BCUT2D eigenvalue weighted by Gasteiger charge is -2.38. The van der Waals surface area contributed by atoms with E-state index < -0.39 is 0 Å². The Morgan fingerprint density at radius 2 is 2.19 bits per heavy atom. The SMILES string of the molecule is CN=C(NCCCOCC1CCOC1)NC1CC(C)(C)Oc2ccccc21. The Balaban J connectivity index is 1.43. The van der Waals surface area contributed by atoms with Gasteiger partial charge in [0.15, 0.2) is 5.96 Å². The molecule has 27 heavy (non-hydrogen) atoms. The second-order valence-electron chi connectivity index (χ2n) is 7.96. The molecule has 2 aliphatic rings. The first-order valence-corrected chi connectivity index (χ1v) is 9.98. The van der Waals surface area contributed by atoms with Crippen LogP contribution in [0.1, 0.15) is 44.7 Å². The van der Waals surface area contributed by atoms with Gasteiger partial charge in [0.1, 0.15) is 11.4 Å². The molecule has 2 heterocycles. The molecule has 2 unspecified atom stereocenters. The minimum atomic E-state index is -0.206. The van der Waals surface area contributed by atoms with Crippen molar-refractivity contribution in [3.8, 4) is 5.75 Å². The fraction of sp³-hybridized carbons (Fsp3) is 0.667. The quantitative estimate of drug-likeness (QED) is 0.436. The van der Waals surface area contributed by atoms with Crippen LogP contribution >= 0.6 is 0 Å². The first kappa shape index (κ1) is 20.0. The third-order valence-electron chi connectivity index (χ3n) is 5.05. The van der Waals surface area contributed by atoms with Crippen molar-refractivity contribution in [3.05, 3.63) is 29.8 Å². The molecule has 0 saturated carbocycles. The van der Waals surface area contributed by atoms with Gasteiger partial charge in [-0.15, -0.1) is 0 Å². The van der Waals surface area contributed by atoms with Gasteiger partial charge in [0.2, 0.25) is 0 Å². The molecule has 0 radical (unpaired) electrons. The predicted octanol–water partition coefficient (Wildman–Crippen LogP) is 2.90. The number of ether oxygens (including phenoxy) is 3. The molecule has 2 atom stereocenters. The van der Waals surface area contributed by atoms with Crippen molar-refractivity contribution in [2.24, 2.45) is 10.9 Å². The molecule has 0 bridgehead atoms. The van der Waals surface area contributed by atoms with Crippen molar-refractivity contribution in [1.29, 1.82) is 0 Å². The second-order valence-corrected chi connectivity index (χ2v) is 7.96. The van der Waals surface area contributed by atoms with Crippen LogP contribution in [0.2, 0.25) is 0 Å². The summed E-state index contributed by atoms with van der Waals surface area (Å²) in [4.78, 5) is 4.38. The summed E-state index contributed by atoms with van der Waals surface area (Å²) in [5.41, 5.74) is 0.977. The summed E-state index contributed by atoms with van der Waals surface area (Å²) in [5, 5.41) is 6.95. The number of fused-ring (bicyclic) bond motifs is 1. The summed E-state index contributed by atoms with van der Waals surface area (Å²) in [6, 6.07) is 8.40. The highest BCUT2D eigenvalue weighted by Crippen LogP contribution is 2.39. The maximum Gasteiger partial charge on any atom is 0.191 e. The number of nitrogens with zero attached hydrogens (tertiary/aromatic N) is 1. The van der Waals surface area contributed by atoms with E-state index in [4.69, 9.17) is 14.2 Å². The third kappa shape index (κ3) is 5.84. The van der Waals surface area contributed by atoms with E-state index in [9.17, 15) is 0 Å². The van der Waals surface area contributed by atoms with E-state index in [1.165, 1.54) is 5.56 Å². The van der Waals surface area contributed by atoms with E-state index in [0.717, 1.165) is 63.9 Å². The zero-order valence-electron chi connectivity index (χ0n) is 16.8. The molecule has 1 saturated heterocycles. The molecule has 0 amide bonds. The summed E-state index contributed by atoms with van der Waals surface area (Å²) in [7, 11) is 1.81. The third-order valence-corrected chi connectivity index (χ3v) is 5.05. The average molecular weight is 376 g/mol. The number of para-hydroxylation sites is 1. The molecule has 1 aromatic carbocycles. The van der Waals surface area contributed by atoms with Crippen molar-refractivity contribution in [3.63, 3.8) is 0 Å². The number of rotatable bonds is 7. The molecule has 0 aliphatic carbocycles. The van der Waals surface area contributed by atoms with Gasteiger partial charge in [-0.3, -0.25) is 4.99 Å². The molecular weight excluding hydrogens is 342 g/mol. The summed E-state index contributed by atoms with van der Waals surface area (Å²) in [5.74, 6) is 2.34. The number of hydrogen-bond acceptors (Lipinski definition) is 4. The largest absolute Gasteiger partial charge is 0.487 e. The van der Waals surface area contributed by atoms with Gasteiger partial charge in [-0.05, 0) is 32.8 Å². The molecule has 0 spiro atoms. The smallest absolute Gasteiger partial charge is 0.191 e. The summed E-state index contributed by atoms with van der Waals surface area (Å²) >= 11 is 0. The van der Waals surface area contributed by atoms with Crippen LogP contribution in [0, 0.1) is 5.92 Å². The Hall–Kier alpha value is -1.79. The maximum atomic E-state index is 6.11. The maximum absolute atomic E-state index is 6.11. The lowest BCUT2D eigenvalue weighted by Crippen LogP contribution is -2.45. The Kier molecular flexibility index (Phi) is 6.96. The summed E-state index contributed by atoms with van der Waals surface area (Å²) < 4.78 is 17.2. The molecule has 6 heteroatoms. The van der Waals surface area contributed by atoms with Crippen molar-refractivity contribution in [1.82, 2.24) is 10.6 Å². The van der Waals surface area contributed by atoms with Crippen LogP contribution in [0.15, 0.2) is 29.3 Å². The lowest BCUT2D eigenvalue weighted by atomic mass is 9.90. The normalized spacial score (nSPS) is 24.2. The topological polar surface area (TPSA) is 64.1 Å². The van der Waals surface area contributed by atoms with Gasteiger partial charge >= 0.3 is 0 Å². The monoisotopic (exact) mass is 375 g/mol. The van der Waals surface area contributed by atoms with E-state index >= 15 is 0 Å². The van der Waals surface area contributed by atoms with E-state index in [1.807, 2.05) is 19.2 Å². The number of guanidine groups is 1. The average Bonchev–Trinajstić information content (AvgIpc) is 3.16. The predicted molar refractivity (Wildman–Crippen MR) is 107 cm³/mol. The minimum absolute atomic E-state index is 0.176. The minimum Gasteiger partial charge on any atom is -0.487 e.